The Hall–Kier alpha value is -1.49. The molecule has 1 heterocycles. The first-order valence-electron chi connectivity index (χ1n) is 9.30. The molecule has 0 aliphatic heterocycles. The molecule has 4 aliphatic rings. The van der Waals surface area contributed by atoms with E-state index in [1.165, 1.54) is 44.8 Å². The summed E-state index contributed by atoms with van der Waals surface area (Å²) in [5.41, 5.74) is 0.297. The lowest BCUT2D eigenvalue weighted by Crippen LogP contribution is -2.57. The lowest BCUT2D eigenvalue weighted by molar-refractivity contribution is -0.0682. The van der Waals surface area contributed by atoms with E-state index in [0.29, 0.717) is 11.2 Å². The highest BCUT2D eigenvalue weighted by Gasteiger charge is 2.53. The maximum absolute atomic E-state index is 12.3. The zero-order chi connectivity index (χ0) is 16.7. The second-order valence-corrected chi connectivity index (χ2v) is 8.39. The van der Waals surface area contributed by atoms with Crippen molar-refractivity contribution in [2.24, 2.45) is 23.2 Å². The molecular formula is C19H28N2O3. The third kappa shape index (κ3) is 2.94. The lowest BCUT2D eigenvalue weighted by Gasteiger charge is -2.59. The topological polar surface area (TPSA) is 74.5 Å². The Balaban J connectivity index is 1.31. The number of amides is 2. The molecular weight excluding hydrogens is 304 g/mol. The molecule has 0 aromatic carbocycles. The number of nitrogens with one attached hydrogen (secondary N) is 2. The molecule has 0 saturated heterocycles. The zero-order valence-corrected chi connectivity index (χ0v) is 14.3. The predicted octanol–water partition coefficient (Wildman–Crippen LogP) is 3.22. The van der Waals surface area contributed by atoms with Crippen LogP contribution in [-0.4, -0.2) is 23.7 Å². The fourth-order valence-electron chi connectivity index (χ4n) is 5.88. The highest BCUT2D eigenvalue weighted by Crippen LogP contribution is 2.61. The van der Waals surface area contributed by atoms with Crippen LogP contribution in [0.2, 0.25) is 0 Å². The molecule has 0 spiro atoms. The van der Waals surface area contributed by atoms with E-state index in [0.717, 1.165) is 17.8 Å². The molecule has 0 radical (unpaired) electrons. The molecule has 1 aromatic rings. The molecule has 24 heavy (non-hydrogen) atoms. The van der Waals surface area contributed by atoms with E-state index in [-0.39, 0.29) is 18.6 Å². The quantitative estimate of drug-likeness (QED) is 0.775. The molecule has 4 aliphatic carbocycles. The summed E-state index contributed by atoms with van der Waals surface area (Å²) < 4.78 is 5.15. The van der Waals surface area contributed by atoms with Gasteiger partial charge in [-0.05, 0) is 80.8 Å². The van der Waals surface area contributed by atoms with Crippen LogP contribution >= 0.6 is 0 Å². The third-order valence-electron chi connectivity index (χ3n) is 6.68. The maximum atomic E-state index is 12.3. The number of urea groups is 1. The Bertz CT molecular complexity index is 548. The van der Waals surface area contributed by atoms with Gasteiger partial charge in [0.15, 0.2) is 0 Å². The molecule has 4 fully saturated rings. The van der Waals surface area contributed by atoms with Crippen molar-refractivity contribution in [1.82, 2.24) is 10.6 Å². The van der Waals surface area contributed by atoms with E-state index in [9.17, 15) is 9.90 Å². The number of aliphatic hydroxyl groups is 1. The number of aliphatic hydroxyl groups excluding tert-OH is 1. The second-order valence-electron chi connectivity index (χ2n) is 8.39. The van der Waals surface area contributed by atoms with Gasteiger partial charge in [-0.3, -0.25) is 0 Å². The fourth-order valence-corrected chi connectivity index (χ4v) is 5.88. The summed E-state index contributed by atoms with van der Waals surface area (Å²) in [7, 11) is 0. The number of carbonyl (C=O) groups is 1. The van der Waals surface area contributed by atoms with E-state index in [4.69, 9.17) is 4.42 Å². The summed E-state index contributed by atoms with van der Waals surface area (Å²) in [5, 5.41) is 15.9. The van der Waals surface area contributed by atoms with Gasteiger partial charge in [-0.25, -0.2) is 4.79 Å². The molecule has 5 heteroatoms. The predicted molar refractivity (Wildman–Crippen MR) is 90.3 cm³/mol. The minimum absolute atomic E-state index is 0.160. The second kappa shape index (κ2) is 6.10. The van der Waals surface area contributed by atoms with Gasteiger partial charge in [0, 0.05) is 6.04 Å². The summed E-state index contributed by atoms with van der Waals surface area (Å²) in [4.78, 5) is 12.3. The van der Waals surface area contributed by atoms with Crippen molar-refractivity contribution >= 4 is 6.03 Å². The first-order valence-corrected chi connectivity index (χ1v) is 9.30. The molecule has 132 valence electrons. The van der Waals surface area contributed by atoms with Crippen LogP contribution in [0.1, 0.15) is 57.3 Å². The van der Waals surface area contributed by atoms with Crippen LogP contribution < -0.4 is 10.6 Å². The Labute approximate surface area is 143 Å². The SMILES string of the molecule is CC(NC(=O)NCC(O)c1ccco1)C12CC3CC(CC(C3)C1)C2. The van der Waals surface area contributed by atoms with E-state index >= 15 is 0 Å². The molecule has 2 atom stereocenters. The van der Waals surface area contributed by atoms with Crippen LogP contribution in [0.5, 0.6) is 0 Å². The fraction of sp³-hybridized carbons (Fsp3) is 0.737. The lowest BCUT2D eigenvalue weighted by atomic mass is 9.48. The van der Waals surface area contributed by atoms with E-state index in [1.807, 2.05) is 0 Å². The third-order valence-corrected chi connectivity index (χ3v) is 6.68. The summed E-state index contributed by atoms with van der Waals surface area (Å²) in [6.45, 7) is 2.32. The summed E-state index contributed by atoms with van der Waals surface area (Å²) in [6, 6.07) is 3.44. The van der Waals surface area contributed by atoms with Gasteiger partial charge in [0.05, 0.1) is 12.8 Å². The largest absolute Gasteiger partial charge is 0.467 e. The molecule has 3 N–H and O–H groups in total. The van der Waals surface area contributed by atoms with Crippen LogP contribution in [0.15, 0.2) is 22.8 Å². The number of hydrogen-bond donors (Lipinski definition) is 3. The minimum Gasteiger partial charge on any atom is -0.467 e. The standard InChI is InChI=1S/C19H28N2O3/c1-12(19-8-13-5-14(9-19)7-15(6-13)10-19)21-18(23)20-11-16(22)17-3-2-4-24-17/h2-4,12-16,22H,5-11H2,1H3,(H2,20,21,23). The Morgan fingerprint density at radius 2 is 1.92 bits per heavy atom. The Morgan fingerprint density at radius 1 is 1.29 bits per heavy atom. The normalized spacial score (nSPS) is 36.3. The molecule has 1 aromatic heterocycles. The van der Waals surface area contributed by atoms with Crippen molar-refractivity contribution < 1.29 is 14.3 Å². The summed E-state index contributed by atoms with van der Waals surface area (Å²) in [6.07, 6.45) is 8.77. The Kier molecular flexibility index (Phi) is 4.07. The molecule has 4 bridgehead atoms. The molecule has 5 nitrogen and oxygen atoms in total. The van der Waals surface area contributed by atoms with Crippen LogP contribution in [0.4, 0.5) is 4.79 Å². The van der Waals surface area contributed by atoms with Crippen molar-refractivity contribution in [2.75, 3.05) is 6.54 Å². The average Bonchev–Trinajstić information content (AvgIpc) is 3.05. The first kappa shape index (κ1) is 16.0. The van der Waals surface area contributed by atoms with Gasteiger partial charge >= 0.3 is 6.03 Å². The van der Waals surface area contributed by atoms with Crippen LogP contribution in [0, 0.1) is 23.2 Å². The van der Waals surface area contributed by atoms with Crippen molar-refractivity contribution in [1.29, 1.82) is 0 Å². The van der Waals surface area contributed by atoms with E-state index in [1.54, 1.807) is 12.1 Å². The van der Waals surface area contributed by atoms with Crippen LogP contribution in [0.25, 0.3) is 0 Å². The molecule has 5 rings (SSSR count). The van der Waals surface area contributed by atoms with Crippen LogP contribution in [-0.2, 0) is 0 Å². The van der Waals surface area contributed by atoms with Crippen molar-refractivity contribution in [3.8, 4) is 0 Å². The van der Waals surface area contributed by atoms with Crippen molar-refractivity contribution in [3.05, 3.63) is 24.2 Å². The summed E-state index contributed by atoms with van der Waals surface area (Å²) >= 11 is 0. The highest BCUT2D eigenvalue weighted by molar-refractivity contribution is 5.74. The summed E-state index contributed by atoms with van der Waals surface area (Å²) in [5.74, 6) is 3.11. The molecule has 2 unspecified atom stereocenters. The number of carbonyl (C=O) groups excluding carboxylic acids is 1. The number of rotatable bonds is 5. The molecule has 4 saturated carbocycles. The van der Waals surface area contributed by atoms with Crippen LogP contribution in [0.3, 0.4) is 0 Å². The average molecular weight is 332 g/mol. The van der Waals surface area contributed by atoms with Gasteiger partial charge in [-0.2, -0.15) is 0 Å². The van der Waals surface area contributed by atoms with Crippen molar-refractivity contribution in [3.63, 3.8) is 0 Å². The van der Waals surface area contributed by atoms with Gasteiger partial charge < -0.3 is 20.2 Å². The van der Waals surface area contributed by atoms with E-state index < -0.39 is 6.10 Å². The van der Waals surface area contributed by atoms with Gasteiger partial charge in [-0.1, -0.05) is 0 Å². The monoisotopic (exact) mass is 332 g/mol. The Morgan fingerprint density at radius 3 is 2.46 bits per heavy atom. The van der Waals surface area contributed by atoms with Gasteiger partial charge in [0.1, 0.15) is 11.9 Å². The maximum Gasteiger partial charge on any atom is 0.315 e. The van der Waals surface area contributed by atoms with Gasteiger partial charge in [-0.15, -0.1) is 0 Å². The highest BCUT2D eigenvalue weighted by atomic mass is 16.4. The number of furan rings is 1. The first-order chi connectivity index (χ1) is 11.5. The van der Waals surface area contributed by atoms with Gasteiger partial charge in [0.2, 0.25) is 0 Å². The smallest absolute Gasteiger partial charge is 0.315 e. The van der Waals surface area contributed by atoms with Crippen molar-refractivity contribution in [2.45, 2.75) is 57.6 Å². The zero-order valence-electron chi connectivity index (χ0n) is 14.3. The number of hydrogen-bond acceptors (Lipinski definition) is 3. The molecule has 2 amide bonds. The van der Waals surface area contributed by atoms with Gasteiger partial charge in [0.25, 0.3) is 0 Å². The van der Waals surface area contributed by atoms with E-state index in [2.05, 4.69) is 17.6 Å². The minimum atomic E-state index is -0.805.